The Bertz CT molecular complexity index is 1370. The van der Waals surface area contributed by atoms with Crippen LogP contribution < -0.4 is 10.1 Å². The van der Waals surface area contributed by atoms with E-state index in [9.17, 15) is 4.79 Å². The number of amides is 1. The van der Waals surface area contributed by atoms with Gasteiger partial charge in [0.1, 0.15) is 11.5 Å². The van der Waals surface area contributed by atoms with Crippen LogP contribution in [0.3, 0.4) is 0 Å². The monoisotopic (exact) mass is 451 g/mol. The number of thioether (sulfide) groups is 1. The number of fused-ring (bicyclic) bond motifs is 1. The van der Waals surface area contributed by atoms with Crippen molar-refractivity contribution in [2.24, 2.45) is 0 Å². The molecule has 162 valence electrons. The minimum Gasteiger partial charge on any atom is -0.457 e. The number of aromatic nitrogens is 2. The van der Waals surface area contributed by atoms with Crippen molar-refractivity contribution in [2.45, 2.75) is 10.6 Å². The number of hydrogen-bond acceptors (Lipinski definition) is 4. The summed E-state index contributed by atoms with van der Waals surface area (Å²) in [5, 5.41) is 3.93. The van der Waals surface area contributed by atoms with Crippen LogP contribution in [-0.4, -0.2) is 15.9 Å². The molecule has 0 aliphatic carbocycles. The van der Waals surface area contributed by atoms with Gasteiger partial charge in [0.25, 0.3) is 5.91 Å². The second-order valence-electron chi connectivity index (χ2n) is 7.42. The topological polar surface area (TPSA) is 67.0 Å². The predicted octanol–water partition coefficient (Wildman–Crippen LogP) is 6.90. The quantitative estimate of drug-likeness (QED) is 0.264. The summed E-state index contributed by atoms with van der Waals surface area (Å²) in [6.45, 7) is 0. The number of anilines is 1. The van der Waals surface area contributed by atoms with Gasteiger partial charge in [-0.3, -0.25) is 9.78 Å². The zero-order valence-corrected chi connectivity index (χ0v) is 18.5. The molecule has 0 atom stereocenters. The summed E-state index contributed by atoms with van der Waals surface area (Å²) in [5.74, 6) is 2.12. The number of benzene rings is 3. The molecular weight excluding hydrogens is 430 g/mol. The lowest BCUT2D eigenvalue weighted by Gasteiger charge is -2.09. The molecule has 0 bridgehead atoms. The van der Waals surface area contributed by atoms with E-state index in [2.05, 4.69) is 21.4 Å². The molecule has 0 saturated carbocycles. The second-order valence-corrected chi connectivity index (χ2v) is 8.44. The second kappa shape index (κ2) is 9.63. The highest BCUT2D eigenvalue weighted by Gasteiger charge is 2.16. The number of para-hydroxylation sites is 1. The molecule has 0 radical (unpaired) electrons. The van der Waals surface area contributed by atoms with Gasteiger partial charge >= 0.3 is 0 Å². The van der Waals surface area contributed by atoms with Crippen LogP contribution in [0.5, 0.6) is 11.5 Å². The van der Waals surface area contributed by atoms with Crippen molar-refractivity contribution < 1.29 is 9.53 Å². The number of hydrogen-bond donors (Lipinski definition) is 2. The molecule has 3 aromatic carbocycles. The standard InChI is InChI=1S/C27H21N3O2S/c31-27(30-20-9-11-22(12-10-20)32-21-5-2-1-3-6-21)23-17-29-24-7-4-8-25(26(23)24)33-18-19-13-15-28-16-14-19/h1-17,29H,18H2,(H,30,31). The Morgan fingerprint density at radius 3 is 2.42 bits per heavy atom. The zero-order chi connectivity index (χ0) is 22.5. The third-order valence-corrected chi connectivity index (χ3v) is 6.28. The third-order valence-electron chi connectivity index (χ3n) is 5.15. The largest absolute Gasteiger partial charge is 0.457 e. The Labute approximate surface area is 195 Å². The number of H-pyrrole nitrogens is 1. The van der Waals surface area contributed by atoms with Gasteiger partial charge in [-0.15, -0.1) is 11.8 Å². The van der Waals surface area contributed by atoms with Gasteiger partial charge in [0, 0.05) is 45.8 Å². The van der Waals surface area contributed by atoms with Crippen molar-refractivity contribution in [3.8, 4) is 11.5 Å². The first-order chi connectivity index (χ1) is 16.3. The summed E-state index contributed by atoms with van der Waals surface area (Å²) < 4.78 is 5.82. The van der Waals surface area contributed by atoms with Crippen molar-refractivity contribution in [3.63, 3.8) is 0 Å². The van der Waals surface area contributed by atoms with Crippen LogP contribution in [-0.2, 0) is 5.75 Å². The maximum atomic E-state index is 13.1. The minimum atomic E-state index is -0.157. The summed E-state index contributed by atoms with van der Waals surface area (Å²) in [5.41, 5.74) is 3.45. The Morgan fingerprint density at radius 2 is 1.64 bits per heavy atom. The molecule has 5 rings (SSSR count). The molecule has 1 amide bonds. The molecule has 0 saturated heterocycles. The molecule has 0 unspecified atom stereocenters. The van der Waals surface area contributed by atoms with Gasteiger partial charge in [0.2, 0.25) is 0 Å². The summed E-state index contributed by atoms with van der Waals surface area (Å²) in [4.78, 5) is 21.5. The molecule has 0 aliphatic rings. The van der Waals surface area contributed by atoms with Crippen LogP contribution in [0.15, 0.2) is 108 Å². The molecule has 2 aromatic heterocycles. The summed E-state index contributed by atoms with van der Waals surface area (Å²) >= 11 is 1.70. The van der Waals surface area contributed by atoms with E-state index in [0.717, 1.165) is 27.3 Å². The van der Waals surface area contributed by atoms with E-state index in [-0.39, 0.29) is 5.91 Å². The number of nitrogens with zero attached hydrogens (tertiary/aromatic N) is 1. The molecule has 6 heteroatoms. The van der Waals surface area contributed by atoms with E-state index >= 15 is 0 Å². The Kier molecular flexibility index (Phi) is 6.08. The van der Waals surface area contributed by atoms with Crippen molar-refractivity contribution in [1.82, 2.24) is 9.97 Å². The lowest BCUT2D eigenvalue weighted by Crippen LogP contribution is -2.11. The number of rotatable bonds is 7. The van der Waals surface area contributed by atoms with Gasteiger partial charge in [0.15, 0.2) is 0 Å². The predicted molar refractivity (Wildman–Crippen MR) is 133 cm³/mol. The van der Waals surface area contributed by atoms with Crippen LogP contribution >= 0.6 is 11.8 Å². The maximum Gasteiger partial charge on any atom is 0.257 e. The Hall–Kier alpha value is -4.03. The molecule has 0 fully saturated rings. The summed E-state index contributed by atoms with van der Waals surface area (Å²) in [7, 11) is 0. The van der Waals surface area contributed by atoms with Gasteiger partial charge in [-0.05, 0) is 66.2 Å². The van der Waals surface area contributed by atoms with E-state index in [1.807, 2.05) is 78.9 Å². The van der Waals surface area contributed by atoms with E-state index < -0.39 is 0 Å². The highest BCUT2D eigenvalue weighted by molar-refractivity contribution is 7.98. The molecular formula is C27H21N3O2S. The van der Waals surface area contributed by atoms with Gasteiger partial charge < -0.3 is 15.0 Å². The smallest absolute Gasteiger partial charge is 0.257 e. The van der Waals surface area contributed by atoms with Gasteiger partial charge in [-0.1, -0.05) is 24.3 Å². The lowest BCUT2D eigenvalue weighted by atomic mass is 10.1. The number of pyridine rings is 1. The van der Waals surface area contributed by atoms with Gasteiger partial charge in [-0.25, -0.2) is 0 Å². The van der Waals surface area contributed by atoms with Crippen LogP contribution in [0.1, 0.15) is 15.9 Å². The number of carbonyl (C=O) groups is 1. The number of ether oxygens (including phenoxy) is 1. The summed E-state index contributed by atoms with van der Waals surface area (Å²) in [6, 6.07) is 27.0. The number of aromatic amines is 1. The van der Waals surface area contributed by atoms with Crippen LogP contribution in [0, 0.1) is 0 Å². The molecule has 5 nitrogen and oxygen atoms in total. The van der Waals surface area contributed by atoms with Crippen molar-refractivity contribution in [1.29, 1.82) is 0 Å². The van der Waals surface area contributed by atoms with Crippen molar-refractivity contribution in [3.05, 3.63) is 115 Å². The normalized spacial score (nSPS) is 10.8. The molecule has 0 aliphatic heterocycles. The fourth-order valence-electron chi connectivity index (χ4n) is 3.52. The van der Waals surface area contributed by atoms with Gasteiger partial charge in [0.05, 0.1) is 5.56 Å². The molecule has 2 N–H and O–H groups in total. The number of nitrogens with one attached hydrogen (secondary N) is 2. The minimum absolute atomic E-state index is 0.157. The Morgan fingerprint density at radius 1 is 0.879 bits per heavy atom. The first-order valence-electron chi connectivity index (χ1n) is 10.5. The molecule has 5 aromatic rings. The molecule has 0 spiro atoms. The van der Waals surface area contributed by atoms with E-state index in [1.54, 1.807) is 30.4 Å². The average molecular weight is 452 g/mol. The van der Waals surface area contributed by atoms with Gasteiger partial charge in [-0.2, -0.15) is 0 Å². The average Bonchev–Trinajstić information content (AvgIpc) is 3.30. The zero-order valence-electron chi connectivity index (χ0n) is 17.7. The maximum absolute atomic E-state index is 13.1. The first kappa shape index (κ1) is 20.8. The summed E-state index contributed by atoms with van der Waals surface area (Å²) in [6.07, 6.45) is 5.35. The van der Waals surface area contributed by atoms with E-state index in [4.69, 9.17) is 4.74 Å². The van der Waals surface area contributed by atoms with E-state index in [1.165, 1.54) is 5.56 Å². The highest BCUT2D eigenvalue weighted by atomic mass is 32.2. The fraction of sp³-hybridized carbons (Fsp3) is 0.0370. The molecule has 2 heterocycles. The van der Waals surface area contributed by atoms with E-state index in [0.29, 0.717) is 17.0 Å². The SMILES string of the molecule is O=C(Nc1ccc(Oc2ccccc2)cc1)c1c[nH]c2cccc(SCc3ccncc3)c12. The van der Waals surface area contributed by atoms with Crippen LogP contribution in [0.25, 0.3) is 10.9 Å². The van der Waals surface area contributed by atoms with Crippen LogP contribution in [0.4, 0.5) is 5.69 Å². The Balaban J connectivity index is 1.32. The third kappa shape index (κ3) is 4.91. The highest BCUT2D eigenvalue weighted by Crippen LogP contribution is 2.33. The van der Waals surface area contributed by atoms with Crippen molar-refractivity contribution in [2.75, 3.05) is 5.32 Å². The van der Waals surface area contributed by atoms with Crippen molar-refractivity contribution >= 4 is 34.3 Å². The van der Waals surface area contributed by atoms with Crippen LogP contribution in [0.2, 0.25) is 0 Å². The molecule has 33 heavy (non-hydrogen) atoms. The number of carbonyl (C=O) groups excluding carboxylic acids is 1. The fourth-order valence-corrected chi connectivity index (χ4v) is 4.57. The lowest BCUT2D eigenvalue weighted by molar-refractivity contribution is 0.102. The first-order valence-corrected chi connectivity index (χ1v) is 11.5.